The van der Waals surface area contributed by atoms with Crippen molar-refractivity contribution in [1.82, 2.24) is 19.7 Å². The highest BCUT2D eigenvalue weighted by molar-refractivity contribution is 6.43. The fourth-order valence-electron chi connectivity index (χ4n) is 3.84. The highest BCUT2D eigenvalue weighted by atomic mass is 35.5. The summed E-state index contributed by atoms with van der Waals surface area (Å²) in [5, 5.41) is 9.31. The van der Waals surface area contributed by atoms with Crippen LogP contribution in [-0.2, 0) is 11.3 Å². The van der Waals surface area contributed by atoms with E-state index in [0.29, 0.717) is 42.7 Å². The van der Waals surface area contributed by atoms with Crippen molar-refractivity contribution >= 4 is 34.8 Å². The van der Waals surface area contributed by atoms with Crippen LogP contribution >= 0.6 is 23.2 Å². The van der Waals surface area contributed by atoms with E-state index in [1.807, 2.05) is 12.2 Å². The average molecular weight is 404 g/mol. The van der Waals surface area contributed by atoms with E-state index in [4.69, 9.17) is 27.9 Å². The molecule has 27 heavy (non-hydrogen) atoms. The number of halogens is 2. The van der Waals surface area contributed by atoms with Crippen LogP contribution in [0.4, 0.5) is 0 Å². The summed E-state index contributed by atoms with van der Waals surface area (Å²) < 4.78 is 7.77. The van der Waals surface area contributed by atoms with Crippen molar-refractivity contribution in [3.8, 4) is 0 Å². The van der Waals surface area contributed by atoms with Gasteiger partial charge in [0, 0.05) is 6.54 Å². The lowest BCUT2D eigenvalue weighted by atomic mass is 10.0. The zero-order valence-electron chi connectivity index (χ0n) is 14.2. The van der Waals surface area contributed by atoms with Gasteiger partial charge in [-0.25, -0.2) is 0 Å². The number of hydrogen-bond donors (Lipinski definition) is 0. The molecule has 0 spiro atoms. The number of carbonyl (C=O) groups excluding carboxylic acids is 1. The number of aromatic nitrogens is 3. The number of carbonyl (C=O) groups is 1. The number of fused-ring (bicyclic) bond motifs is 4. The molecule has 2 atom stereocenters. The molecule has 1 aromatic carbocycles. The van der Waals surface area contributed by atoms with Crippen LogP contribution in [-0.4, -0.2) is 57.1 Å². The second-order valence-electron chi connectivity index (χ2n) is 6.64. The van der Waals surface area contributed by atoms with Gasteiger partial charge in [0.25, 0.3) is 5.91 Å². The Morgan fingerprint density at radius 2 is 2.11 bits per heavy atom. The molecule has 1 saturated heterocycles. The van der Waals surface area contributed by atoms with Crippen molar-refractivity contribution in [2.45, 2.75) is 18.6 Å². The van der Waals surface area contributed by atoms with Crippen molar-refractivity contribution in [2.24, 2.45) is 4.99 Å². The van der Waals surface area contributed by atoms with Crippen LogP contribution in [0.25, 0.3) is 0 Å². The van der Waals surface area contributed by atoms with Crippen LogP contribution < -0.4 is 0 Å². The van der Waals surface area contributed by atoms with Crippen LogP contribution in [0.15, 0.2) is 35.3 Å². The minimum absolute atomic E-state index is 0.139. The summed E-state index contributed by atoms with van der Waals surface area (Å²) in [6.45, 7) is 2.01. The molecule has 2 aromatic rings. The summed E-state index contributed by atoms with van der Waals surface area (Å²) in [5.74, 6) is 1.27. The molecule has 2 bridgehead atoms. The van der Waals surface area contributed by atoms with Crippen molar-refractivity contribution in [3.05, 3.63) is 57.6 Å². The van der Waals surface area contributed by atoms with E-state index in [9.17, 15) is 4.79 Å². The second-order valence-corrected chi connectivity index (χ2v) is 7.43. The maximum Gasteiger partial charge on any atom is 0.256 e. The molecule has 1 amide bonds. The third kappa shape index (κ3) is 2.61. The second kappa shape index (κ2) is 6.44. The van der Waals surface area contributed by atoms with E-state index in [-0.39, 0.29) is 23.0 Å². The average Bonchev–Trinajstić information content (AvgIpc) is 3.32. The van der Waals surface area contributed by atoms with Gasteiger partial charge in [-0.15, -0.1) is 10.2 Å². The summed E-state index contributed by atoms with van der Waals surface area (Å²) in [6.07, 6.45) is 3.94. The number of hydrogen-bond acceptors (Lipinski definition) is 5. The van der Waals surface area contributed by atoms with E-state index in [1.54, 1.807) is 23.1 Å². The normalized spacial score (nSPS) is 23.3. The van der Waals surface area contributed by atoms with Gasteiger partial charge in [0.05, 0.1) is 41.4 Å². The van der Waals surface area contributed by atoms with Crippen LogP contribution in [0.5, 0.6) is 0 Å². The Balaban J connectivity index is 1.56. The fraction of sp³-hybridized carbons (Fsp3) is 0.333. The molecule has 3 aliphatic heterocycles. The number of morpholine rings is 1. The molecule has 7 nitrogen and oxygen atoms in total. The summed E-state index contributed by atoms with van der Waals surface area (Å²) in [5.41, 5.74) is 1.21. The van der Waals surface area contributed by atoms with Crippen LogP contribution in [0.1, 0.15) is 28.0 Å². The van der Waals surface area contributed by atoms with Crippen molar-refractivity contribution in [1.29, 1.82) is 0 Å². The molecule has 5 rings (SSSR count). The molecule has 3 aliphatic rings. The molecule has 1 aromatic heterocycles. The van der Waals surface area contributed by atoms with Gasteiger partial charge >= 0.3 is 0 Å². The standard InChI is InChI=1S/C18H15Cl2N5O2/c19-12-4-1-3-11(15(12)20)18(26)25-10-7-24-16(13-5-2-6-21-13)22-23-17(24)14(25)9-27-8-10/h1-5,10,14H,6-9H2/t10-,14-/m1/s1. The van der Waals surface area contributed by atoms with Crippen molar-refractivity contribution in [3.63, 3.8) is 0 Å². The first-order valence-corrected chi connectivity index (χ1v) is 9.39. The number of nitrogens with zero attached hydrogens (tertiary/aromatic N) is 5. The Morgan fingerprint density at radius 1 is 1.22 bits per heavy atom. The molecule has 0 saturated carbocycles. The summed E-state index contributed by atoms with van der Waals surface area (Å²) in [6, 6.07) is 4.62. The van der Waals surface area contributed by atoms with Crippen LogP contribution in [0.2, 0.25) is 10.0 Å². The van der Waals surface area contributed by atoms with Crippen LogP contribution in [0, 0.1) is 0 Å². The van der Waals surface area contributed by atoms with Gasteiger partial charge in [-0.05, 0) is 18.2 Å². The smallest absolute Gasteiger partial charge is 0.256 e. The Labute approximate surface area is 165 Å². The SMILES string of the molecule is O=C(c1cccc(Cl)c1Cl)N1[C@H]2COC[C@@H]1c1nnc(C3=NCC=C3)n1C2. The van der Waals surface area contributed by atoms with Gasteiger partial charge in [0.15, 0.2) is 11.6 Å². The molecular formula is C18H15Cl2N5O2. The van der Waals surface area contributed by atoms with E-state index in [0.717, 1.165) is 11.5 Å². The molecule has 1 fully saturated rings. The predicted molar refractivity (Wildman–Crippen MR) is 101 cm³/mol. The van der Waals surface area contributed by atoms with E-state index < -0.39 is 0 Å². The summed E-state index contributed by atoms with van der Waals surface area (Å²) in [7, 11) is 0. The third-order valence-electron chi connectivity index (χ3n) is 5.07. The van der Waals surface area contributed by atoms with Gasteiger partial charge in [-0.1, -0.05) is 35.3 Å². The topological polar surface area (TPSA) is 72.6 Å². The molecular weight excluding hydrogens is 389 g/mol. The minimum Gasteiger partial charge on any atom is -0.377 e. The molecule has 0 N–H and O–H groups in total. The number of ether oxygens (including phenoxy) is 1. The molecule has 0 unspecified atom stereocenters. The van der Waals surface area contributed by atoms with Crippen molar-refractivity contribution < 1.29 is 9.53 Å². The maximum absolute atomic E-state index is 13.3. The molecule has 9 heteroatoms. The van der Waals surface area contributed by atoms with Gasteiger partial charge in [-0.3, -0.25) is 9.79 Å². The largest absolute Gasteiger partial charge is 0.377 e. The predicted octanol–water partition coefficient (Wildman–Crippen LogP) is 2.54. The van der Waals surface area contributed by atoms with E-state index in [2.05, 4.69) is 19.8 Å². The van der Waals surface area contributed by atoms with Gasteiger partial charge < -0.3 is 14.2 Å². The molecule has 4 heterocycles. The van der Waals surface area contributed by atoms with Gasteiger partial charge in [-0.2, -0.15) is 0 Å². The quantitative estimate of drug-likeness (QED) is 0.771. The highest BCUT2D eigenvalue weighted by Crippen LogP contribution is 2.36. The Kier molecular flexibility index (Phi) is 4.03. The van der Waals surface area contributed by atoms with Gasteiger partial charge in [0.2, 0.25) is 0 Å². The third-order valence-corrected chi connectivity index (χ3v) is 5.89. The zero-order chi connectivity index (χ0) is 18.5. The summed E-state index contributed by atoms with van der Waals surface area (Å²) in [4.78, 5) is 19.5. The fourth-order valence-corrected chi connectivity index (χ4v) is 4.22. The van der Waals surface area contributed by atoms with Gasteiger partial charge in [0.1, 0.15) is 11.8 Å². The number of benzene rings is 1. The molecule has 0 aliphatic carbocycles. The lowest BCUT2D eigenvalue weighted by Crippen LogP contribution is -2.56. The number of allylic oxidation sites excluding steroid dienone is 1. The Hall–Kier alpha value is -2.22. The first-order valence-electron chi connectivity index (χ1n) is 8.64. The molecule has 0 radical (unpaired) electrons. The number of amides is 1. The van der Waals surface area contributed by atoms with Crippen molar-refractivity contribution in [2.75, 3.05) is 19.8 Å². The number of aliphatic imine (C=N–C) groups is 1. The molecule has 138 valence electrons. The minimum atomic E-state index is -0.327. The Morgan fingerprint density at radius 3 is 2.93 bits per heavy atom. The zero-order valence-corrected chi connectivity index (χ0v) is 15.7. The first kappa shape index (κ1) is 16.9. The lowest BCUT2D eigenvalue weighted by Gasteiger charge is -2.45. The lowest BCUT2D eigenvalue weighted by molar-refractivity contribution is -0.0572. The first-order chi connectivity index (χ1) is 13.1. The van der Waals surface area contributed by atoms with E-state index >= 15 is 0 Å². The van der Waals surface area contributed by atoms with Crippen LogP contribution in [0.3, 0.4) is 0 Å². The van der Waals surface area contributed by atoms with E-state index in [1.165, 1.54) is 0 Å². The summed E-state index contributed by atoms with van der Waals surface area (Å²) >= 11 is 12.4. The maximum atomic E-state index is 13.3. The monoisotopic (exact) mass is 403 g/mol. The Bertz CT molecular complexity index is 1000. The number of rotatable bonds is 2. The highest BCUT2D eigenvalue weighted by Gasteiger charge is 2.44.